The second-order valence-corrected chi connectivity index (χ2v) is 4.38. The van der Waals surface area contributed by atoms with Crippen molar-refractivity contribution in [3.05, 3.63) is 58.3 Å². The number of rotatable bonds is 5. The van der Waals surface area contributed by atoms with Crippen LogP contribution in [0, 0.1) is 0 Å². The summed E-state index contributed by atoms with van der Waals surface area (Å²) in [7, 11) is 0. The quantitative estimate of drug-likeness (QED) is 0.882. The number of hydrogen-bond donors (Lipinski definition) is 1. The highest BCUT2D eigenvalue weighted by Crippen LogP contribution is 2.06. The van der Waals surface area contributed by atoms with Gasteiger partial charge in [-0.2, -0.15) is 0 Å². The van der Waals surface area contributed by atoms with Gasteiger partial charge in [0.25, 0.3) is 0 Å². The molecule has 0 aliphatic rings. The first-order valence-corrected chi connectivity index (χ1v) is 6.15. The van der Waals surface area contributed by atoms with Crippen LogP contribution >= 0.6 is 0 Å². The summed E-state index contributed by atoms with van der Waals surface area (Å²) in [6, 6.07) is 7.28. The Hall–Kier alpha value is -2.30. The number of carboxylic acid groups (broad SMARTS) is 1. The van der Waals surface area contributed by atoms with Crippen molar-refractivity contribution in [3.63, 3.8) is 0 Å². The van der Waals surface area contributed by atoms with Gasteiger partial charge in [-0.15, -0.1) is 0 Å². The zero-order chi connectivity index (χ0) is 13.8. The molecule has 0 saturated carbocycles. The third-order valence-corrected chi connectivity index (χ3v) is 2.99. The van der Waals surface area contributed by atoms with E-state index in [1.54, 1.807) is 33.7 Å². The zero-order valence-electron chi connectivity index (χ0n) is 10.7. The molecule has 0 spiro atoms. The highest BCUT2D eigenvalue weighted by Gasteiger charge is 2.04. The number of hydrogen-bond acceptors (Lipinski definition) is 2. The van der Waals surface area contributed by atoms with Crippen LogP contribution in [0.15, 0.2) is 41.5 Å². The number of aliphatic carboxylic acids is 1. The Morgan fingerprint density at radius 2 is 1.68 bits per heavy atom. The van der Waals surface area contributed by atoms with E-state index in [1.807, 2.05) is 19.1 Å². The molecule has 100 valence electrons. The first-order valence-electron chi connectivity index (χ1n) is 6.15. The molecule has 0 bridgehead atoms. The molecule has 0 unspecified atom stereocenters. The molecule has 5 heteroatoms. The van der Waals surface area contributed by atoms with Gasteiger partial charge in [0.05, 0.1) is 13.0 Å². The monoisotopic (exact) mass is 260 g/mol. The smallest absolute Gasteiger partial charge is 0.328 e. The van der Waals surface area contributed by atoms with Gasteiger partial charge in [0, 0.05) is 18.9 Å². The van der Waals surface area contributed by atoms with E-state index in [0.29, 0.717) is 13.1 Å². The summed E-state index contributed by atoms with van der Waals surface area (Å²) >= 11 is 0. The number of carbonyl (C=O) groups is 1. The summed E-state index contributed by atoms with van der Waals surface area (Å²) in [6.45, 7) is 3.08. The van der Waals surface area contributed by atoms with Gasteiger partial charge in [-0.1, -0.05) is 24.3 Å². The van der Waals surface area contributed by atoms with Gasteiger partial charge in [-0.3, -0.25) is 13.9 Å². The van der Waals surface area contributed by atoms with Crippen molar-refractivity contribution in [2.75, 3.05) is 0 Å². The Balaban J connectivity index is 2.13. The van der Waals surface area contributed by atoms with Gasteiger partial charge in [-0.25, -0.2) is 4.79 Å². The van der Waals surface area contributed by atoms with Crippen LogP contribution in [0.3, 0.4) is 0 Å². The third kappa shape index (κ3) is 3.13. The third-order valence-electron chi connectivity index (χ3n) is 2.99. The lowest BCUT2D eigenvalue weighted by Crippen LogP contribution is -2.23. The van der Waals surface area contributed by atoms with E-state index in [9.17, 15) is 9.59 Å². The molecule has 1 N–H and O–H groups in total. The molecule has 0 aliphatic heterocycles. The first kappa shape index (κ1) is 13.1. The van der Waals surface area contributed by atoms with E-state index in [2.05, 4.69) is 0 Å². The maximum Gasteiger partial charge on any atom is 0.328 e. The van der Waals surface area contributed by atoms with Gasteiger partial charge in [0.1, 0.15) is 0 Å². The Bertz CT molecular complexity index is 623. The highest BCUT2D eigenvalue weighted by molar-refractivity contribution is 5.70. The van der Waals surface area contributed by atoms with Crippen LogP contribution in [0.25, 0.3) is 0 Å². The van der Waals surface area contributed by atoms with E-state index < -0.39 is 5.97 Å². The minimum atomic E-state index is -0.844. The van der Waals surface area contributed by atoms with Gasteiger partial charge in [0.15, 0.2) is 0 Å². The number of aryl methyl sites for hydroxylation is 1. The number of carboxylic acids is 1. The molecule has 0 saturated heterocycles. The van der Waals surface area contributed by atoms with E-state index in [4.69, 9.17) is 5.11 Å². The van der Waals surface area contributed by atoms with Crippen LogP contribution < -0.4 is 5.69 Å². The second kappa shape index (κ2) is 5.56. The van der Waals surface area contributed by atoms with Crippen LogP contribution in [-0.4, -0.2) is 20.2 Å². The largest absolute Gasteiger partial charge is 0.481 e. The van der Waals surface area contributed by atoms with Crippen molar-refractivity contribution in [2.45, 2.75) is 26.4 Å². The Kier molecular flexibility index (Phi) is 3.85. The molecule has 19 heavy (non-hydrogen) atoms. The van der Waals surface area contributed by atoms with Crippen LogP contribution in [0.4, 0.5) is 0 Å². The average molecular weight is 260 g/mol. The molecular formula is C14H16N2O3. The summed E-state index contributed by atoms with van der Waals surface area (Å²) in [6.07, 6.45) is 3.55. The lowest BCUT2D eigenvalue weighted by molar-refractivity contribution is -0.136. The summed E-state index contributed by atoms with van der Waals surface area (Å²) in [5.41, 5.74) is 1.71. The van der Waals surface area contributed by atoms with Gasteiger partial charge in [0.2, 0.25) is 0 Å². The summed E-state index contributed by atoms with van der Waals surface area (Å²) in [4.78, 5) is 22.4. The van der Waals surface area contributed by atoms with Crippen molar-refractivity contribution in [1.82, 2.24) is 9.13 Å². The van der Waals surface area contributed by atoms with Crippen LogP contribution in [0.2, 0.25) is 0 Å². The van der Waals surface area contributed by atoms with Crippen molar-refractivity contribution in [1.29, 1.82) is 0 Å². The Labute approximate surface area is 110 Å². The summed E-state index contributed by atoms with van der Waals surface area (Å²) < 4.78 is 3.27. The minimum Gasteiger partial charge on any atom is -0.481 e. The van der Waals surface area contributed by atoms with E-state index in [-0.39, 0.29) is 12.1 Å². The topological polar surface area (TPSA) is 64.2 Å². The molecular weight excluding hydrogens is 244 g/mol. The Morgan fingerprint density at radius 1 is 1.11 bits per heavy atom. The molecule has 1 aromatic carbocycles. The van der Waals surface area contributed by atoms with E-state index >= 15 is 0 Å². The van der Waals surface area contributed by atoms with Gasteiger partial charge < -0.3 is 5.11 Å². The molecule has 0 atom stereocenters. The van der Waals surface area contributed by atoms with Gasteiger partial charge in [-0.05, 0) is 18.1 Å². The molecule has 0 aliphatic carbocycles. The van der Waals surface area contributed by atoms with Crippen molar-refractivity contribution < 1.29 is 9.90 Å². The van der Waals surface area contributed by atoms with E-state index in [1.165, 1.54) is 0 Å². The highest BCUT2D eigenvalue weighted by atomic mass is 16.4. The molecule has 0 amide bonds. The van der Waals surface area contributed by atoms with E-state index in [0.717, 1.165) is 11.1 Å². The van der Waals surface area contributed by atoms with Gasteiger partial charge >= 0.3 is 11.7 Å². The number of imidazole rings is 1. The number of aromatic nitrogens is 2. The lowest BCUT2D eigenvalue weighted by atomic mass is 10.1. The van der Waals surface area contributed by atoms with Crippen molar-refractivity contribution in [2.24, 2.45) is 0 Å². The molecule has 2 aromatic rings. The molecule has 5 nitrogen and oxygen atoms in total. The zero-order valence-corrected chi connectivity index (χ0v) is 10.7. The maximum absolute atomic E-state index is 11.9. The molecule has 1 aromatic heterocycles. The molecule has 0 radical (unpaired) electrons. The van der Waals surface area contributed by atoms with Crippen LogP contribution in [-0.2, 0) is 24.3 Å². The van der Waals surface area contributed by atoms with Crippen LogP contribution in [0.1, 0.15) is 18.1 Å². The summed E-state index contributed by atoms with van der Waals surface area (Å²) in [5, 5.41) is 8.69. The lowest BCUT2D eigenvalue weighted by Gasteiger charge is -2.03. The standard InChI is InChI=1S/C14H16N2O3/c1-2-15-7-8-16(14(15)19)10-12-5-3-11(4-6-12)9-13(17)18/h3-8H,2,9-10H2,1H3,(H,17,18). The SMILES string of the molecule is CCn1ccn(Cc2ccc(CC(=O)O)cc2)c1=O. The Morgan fingerprint density at radius 3 is 2.21 bits per heavy atom. The first-order chi connectivity index (χ1) is 9.10. The summed E-state index contributed by atoms with van der Waals surface area (Å²) in [5.74, 6) is -0.844. The average Bonchev–Trinajstić information content (AvgIpc) is 2.72. The molecule has 0 fully saturated rings. The normalized spacial score (nSPS) is 10.6. The number of nitrogens with zero attached hydrogens (tertiary/aromatic N) is 2. The van der Waals surface area contributed by atoms with Crippen molar-refractivity contribution in [3.8, 4) is 0 Å². The van der Waals surface area contributed by atoms with Crippen molar-refractivity contribution >= 4 is 5.97 Å². The number of benzene rings is 1. The molecule has 1 heterocycles. The van der Waals surface area contributed by atoms with Crippen LogP contribution in [0.5, 0.6) is 0 Å². The predicted molar refractivity (Wildman–Crippen MR) is 71.2 cm³/mol. The second-order valence-electron chi connectivity index (χ2n) is 4.38. The molecule has 2 rings (SSSR count). The predicted octanol–water partition coefficient (Wildman–Crippen LogP) is 1.35. The maximum atomic E-state index is 11.9. The fraction of sp³-hybridized carbons (Fsp3) is 0.286. The fourth-order valence-electron chi connectivity index (χ4n) is 1.95. The fourth-order valence-corrected chi connectivity index (χ4v) is 1.95. The minimum absolute atomic E-state index is 0.0203.